The van der Waals surface area contributed by atoms with Gasteiger partial charge in [-0.3, -0.25) is 9.59 Å². The van der Waals surface area contributed by atoms with E-state index in [0.29, 0.717) is 5.56 Å². The van der Waals surface area contributed by atoms with Crippen LogP contribution in [0, 0.1) is 12.8 Å². The Bertz CT molecular complexity index is 498. The summed E-state index contributed by atoms with van der Waals surface area (Å²) >= 11 is 0. The van der Waals surface area contributed by atoms with Crippen LogP contribution >= 0.6 is 0 Å². The number of primary amides is 1. The van der Waals surface area contributed by atoms with Crippen molar-refractivity contribution in [1.29, 1.82) is 0 Å². The Hall–Kier alpha value is -2.04. The molecule has 0 aromatic heterocycles. The van der Waals surface area contributed by atoms with Gasteiger partial charge >= 0.3 is 0 Å². The molecule has 110 valence electrons. The molecule has 0 radical (unpaired) electrons. The molecule has 0 aliphatic rings. The van der Waals surface area contributed by atoms with E-state index >= 15 is 0 Å². The summed E-state index contributed by atoms with van der Waals surface area (Å²) in [5, 5.41) is 5.89. The number of hydrogen-bond donors (Lipinski definition) is 3. The van der Waals surface area contributed by atoms with Crippen molar-refractivity contribution in [2.45, 2.75) is 33.7 Å². The molecule has 0 aliphatic carbocycles. The number of nitrogens with two attached hydrogens (primary N) is 1. The summed E-state index contributed by atoms with van der Waals surface area (Å²) in [6.45, 7) is 8.46. The summed E-state index contributed by atoms with van der Waals surface area (Å²) in [6.07, 6.45) is 0. The van der Waals surface area contributed by atoms with Crippen molar-refractivity contribution in [3.63, 3.8) is 0 Å². The smallest absolute Gasteiger partial charge is 0.251 e. The number of amides is 2. The standard InChI is InChI=1S/C15H23N3O2/c1-5-17-12-7-6-11(8-10(12)4)15(20)18-13(9(2)3)14(16)19/h6-9,13,17H,5H2,1-4H3,(H2,16,19)(H,18,20). The highest BCUT2D eigenvalue weighted by molar-refractivity contribution is 5.97. The van der Waals surface area contributed by atoms with Crippen molar-refractivity contribution in [3.05, 3.63) is 29.3 Å². The van der Waals surface area contributed by atoms with Gasteiger partial charge in [0.05, 0.1) is 0 Å². The normalized spacial score (nSPS) is 12.1. The van der Waals surface area contributed by atoms with Gasteiger partial charge < -0.3 is 16.4 Å². The van der Waals surface area contributed by atoms with E-state index in [2.05, 4.69) is 10.6 Å². The number of rotatable bonds is 6. The van der Waals surface area contributed by atoms with Gasteiger partial charge in [-0.25, -0.2) is 0 Å². The maximum absolute atomic E-state index is 12.1. The third-order valence-electron chi connectivity index (χ3n) is 3.12. The van der Waals surface area contributed by atoms with Crippen LogP contribution < -0.4 is 16.4 Å². The summed E-state index contributed by atoms with van der Waals surface area (Å²) in [6, 6.07) is 4.74. The molecule has 1 atom stereocenters. The van der Waals surface area contributed by atoms with E-state index in [1.165, 1.54) is 0 Å². The van der Waals surface area contributed by atoms with Crippen LogP contribution in [0.25, 0.3) is 0 Å². The molecule has 4 N–H and O–H groups in total. The zero-order chi connectivity index (χ0) is 15.3. The minimum Gasteiger partial charge on any atom is -0.385 e. The van der Waals surface area contributed by atoms with Crippen molar-refractivity contribution in [1.82, 2.24) is 5.32 Å². The number of nitrogens with one attached hydrogen (secondary N) is 2. The van der Waals surface area contributed by atoms with Gasteiger partial charge in [0.2, 0.25) is 5.91 Å². The number of carbonyl (C=O) groups excluding carboxylic acids is 2. The first-order valence-corrected chi connectivity index (χ1v) is 6.81. The molecule has 1 aromatic rings. The molecule has 1 unspecified atom stereocenters. The number of aryl methyl sites for hydroxylation is 1. The first-order chi connectivity index (χ1) is 9.36. The molecule has 0 bridgehead atoms. The number of anilines is 1. The van der Waals surface area contributed by atoms with Gasteiger partial charge in [0.15, 0.2) is 0 Å². The Morgan fingerprint density at radius 3 is 2.40 bits per heavy atom. The Kier molecular flexibility index (Phi) is 5.55. The predicted octanol–water partition coefficient (Wildman–Crippen LogP) is 1.67. The molecule has 0 fully saturated rings. The van der Waals surface area contributed by atoms with Crippen LogP contribution in [0.4, 0.5) is 5.69 Å². The fourth-order valence-corrected chi connectivity index (χ4v) is 1.98. The summed E-state index contributed by atoms with van der Waals surface area (Å²) in [5.74, 6) is -0.846. The molecule has 0 aliphatic heterocycles. The average Bonchev–Trinajstić information content (AvgIpc) is 2.37. The minimum absolute atomic E-state index is 0.0430. The van der Waals surface area contributed by atoms with Crippen molar-refractivity contribution in [3.8, 4) is 0 Å². The number of carbonyl (C=O) groups is 2. The van der Waals surface area contributed by atoms with Crippen molar-refractivity contribution in [2.24, 2.45) is 11.7 Å². The molecular weight excluding hydrogens is 254 g/mol. The van der Waals surface area contributed by atoms with Crippen molar-refractivity contribution >= 4 is 17.5 Å². The zero-order valence-corrected chi connectivity index (χ0v) is 12.5. The molecule has 0 heterocycles. The maximum atomic E-state index is 12.1. The minimum atomic E-state index is -0.656. The second kappa shape index (κ2) is 6.93. The highest BCUT2D eigenvalue weighted by Crippen LogP contribution is 2.16. The number of hydrogen-bond acceptors (Lipinski definition) is 3. The largest absolute Gasteiger partial charge is 0.385 e. The van der Waals surface area contributed by atoms with Crippen molar-refractivity contribution < 1.29 is 9.59 Å². The van der Waals surface area contributed by atoms with Gasteiger partial charge in [-0.2, -0.15) is 0 Å². The molecule has 20 heavy (non-hydrogen) atoms. The first kappa shape index (κ1) is 16.0. The molecule has 5 nitrogen and oxygen atoms in total. The Morgan fingerprint density at radius 1 is 1.30 bits per heavy atom. The van der Waals surface area contributed by atoms with Gasteiger partial charge in [-0.1, -0.05) is 13.8 Å². The van der Waals surface area contributed by atoms with Crippen LogP contribution in [0.5, 0.6) is 0 Å². The first-order valence-electron chi connectivity index (χ1n) is 6.81. The molecule has 1 aromatic carbocycles. The predicted molar refractivity (Wildman–Crippen MR) is 80.6 cm³/mol. The Morgan fingerprint density at radius 2 is 1.95 bits per heavy atom. The van der Waals surface area contributed by atoms with E-state index < -0.39 is 11.9 Å². The molecule has 0 saturated carbocycles. The van der Waals surface area contributed by atoms with Gasteiger partial charge in [0.1, 0.15) is 6.04 Å². The second-order valence-corrected chi connectivity index (χ2v) is 5.16. The van der Waals surface area contributed by atoms with Gasteiger partial charge in [-0.05, 0) is 43.5 Å². The summed E-state index contributed by atoms with van der Waals surface area (Å²) in [4.78, 5) is 23.5. The van der Waals surface area contributed by atoms with E-state index in [1.54, 1.807) is 12.1 Å². The Labute approximate surface area is 119 Å². The highest BCUT2D eigenvalue weighted by atomic mass is 16.2. The highest BCUT2D eigenvalue weighted by Gasteiger charge is 2.22. The van der Waals surface area contributed by atoms with E-state index in [-0.39, 0.29) is 11.8 Å². The van der Waals surface area contributed by atoms with Crippen LogP contribution in [0.1, 0.15) is 36.7 Å². The quantitative estimate of drug-likeness (QED) is 0.739. The van der Waals surface area contributed by atoms with Crippen LogP contribution in [-0.4, -0.2) is 24.4 Å². The van der Waals surface area contributed by atoms with Crippen LogP contribution in [-0.2, 0) is 4.79 Å². The van der Waals surface area contributed by atoms with E-state index in [0.717, 1.165) is 17.8 Å². The lowest BCUT2D eigenvalue weighted by Crippen LogP contribution is -2.47. The third-order valence-corrected chi connectivity index (χ3v) is 3.12. The topological polar surface area (TPSA) is 84.2 Å². The molecular formula is C15H23N3O2. The summed E-state index contributed by atoms with van der Waals surface area (Å²) in [5.41, 5.74) is 7.80. The molecule has 2 amide bonds. The summed E-state index contributed by atoms with van der Waals surface area (Å²) in [7, 11) is 0. The van der Waals surface area contributed by atoms with Crippen molar-refractivity contribution in [2.75, 3.05) is 11.9 Å². The SMILES string of the molecule is CCNc1ccc(C(=O)NC(C(N)=O)C(C)C)cc1C. The third kappa shape index (κ3) is 3.98. The maximum Gasteiger partial charge on any atom is 0.251 e. The molecule has 0 saturated heterocycles. The van der Waals surface area contributed by atoms with E-state index in [9.17, 15) is 9.59 Å². The van der Waals surface area contributed by atoms with E-state index in [1.807, 2.05) is 33.8 Å². The second-order valence-electron chi connectivity index (χ2n) is 5.16. The van der Waals surface area contributed by atoms with Gasteiger partial charge in [-0.15, -0.1) is 0 Å². The lowest BCUT2D eigenvalue weighted by molar-refractivity contribution is -0.120. The Balaban J connectivity index is 2.87. The van der Waals surface area contributed by atoms with Gasteiger partial charge in [0, 0.05) is 17.8 Å². The lowest BCUT2D eigenvalue weighted by atomic mass is 10.0. The molecule has 1 rings (SSSR count). The number of benzene rings is 1. The van der Waals surface area contributed by atoms with Crippen LogP contribution in [0.15, 0.2) is 18.2 Å². The van der Waals surface area contributed by atoms with Gasteiger partial charge in [0.25, 0.3) is 5.91 Å². The fraction of sp³-hybridized carbons (Fsp3) is 0.467. The fourth-order valence-electron chi connectivity index (χ4n) is 1.98. The monoisotopic (exact) mass is 277 g/mol. The lowest BCUT2D eigenvalue weighted by Gasteiger charge is -2.19. The molecule has 0 spiro atoms. The summed E-state index contributed by atoms with van der Waals surface area (Å²) < 4.78 is 0. The zero-order valence-electron chi connectivity index (χ0n) is 12.5. The van der Waals surface area contributed by atoms with Crippen LogP contribution in [0.3, 0.4) is 0 Å². The van der Waals surface area contributed by atoms with Crippen LogP contribution in [0.2, 0.25) is 0 Å². The molecule has 5 heteroatoms. The average molecular weight is 277 g/mol. The van der Waals surface area contributed by atoms with E-state index in [4.69, 9.17) is 5.73 Å².